The Hall–Kier alpha value is -0.139. The van der Waals surface area contributed by atoms with E-state index in [2.05, 4.69) is 0 Å². The predicted molar refractivity (Wildman–Crippen MR) is 87.9 cm³/mol. The van der Waals surface area contributed by atoms with Crippen molar-refractivity contribution in [1.82, 2.24) is 0 Å². The summed E-state index contributed by atoms with van der Waals surface area (Å²) in [6.07, 6.45) is -18.4. The number of hydrogen-bond donors (Lipinski definition) is 2. The summed E-state index contributed by atoms with van der Waals surface area (Å²) in [7, 11) is -12.5. The molecule has 0 saturated heterocycles. The Bertz CT molecular complexity index is 460. The highest BCUT2D eigenvalue weighted by Gasteiger charge is 2.49. The fourth-order valence-electron chi connectivity index (χ4n) is 2.27. The molecule has 0 aromatic heterocycles. The molecule has 0 aliphatic carbocycles. The average Bonchev–Trinajstić information content (AvgIpc) is 2.38. The van der Waals surface area contributed by atoms with Gasteiger partial charge >= 0.3 is 44.2 Å². The Morgan fingerprint density at radius 3 is 1.07 bits per heavy atom. The molecule has 0 amide bonds. The van der Waals surface area contributed by atoms with Crippen molar-refractivity contribution in [2.24, 2.45) is 0 Å². The van der Waals surface area contributed by atoms with E-state index in [1.54, 1.807) is 0 Å². The Morgan fingerprint density at radius 1 is 0.571 bits per heavy atom. The molecule has 0 aromatic rings. The molecule has 0 heterocycles. The standard InChI is InChI=1S/C12H23F9O4Si3/c1-26(22,7-4-10(13,14)15)24-28(3,9-6-12(19,20)21)25-27(2,23)8-5-11(16,17)18/h22-23H,4-9H2,1-3H3. The minimum atomic E-state index is -4.69. The molecular weight excluding hydrogens is 463 g/mol. The second kappa shape index (κ2) is 9.34. The van der Waals surface area contributed by atoms with Gasteiger partial charge in [-0.05, 0) is 37.8 Å². The smallest absolute Gasteiger partial charge is 0.389 e. The highest BCUT2D eigenvalue weighted by Crippen LogP contribution is 2.34. The quantitative estimate of drug-likeness (QED) is 0.334. The van der Waals surface area contributed by atoms with Crippen LogP contribution in [-0.4, -0.2) is 53.8 Å². The molecule has 0 rings (SSSR count). The lowest BCUT2D eigenvalue weighted by Gasteiger charge is -2.39. The third kappa shape index (κ3) is 14.8. The van der Waals surface area contributed by atoms with Gasteiger partial charge in [-0.1, -0.05) is 0 Å². The predicted octanol–water partition coefficient (Wildman–Crippen LogP) is 5.08. The van der Waals surface area contributed by atoms with Crippen LogP contribution >= 0.6 is 0 Å². The van der Waals surface area contributed by atoms with E-state index in [-0.39, 0.29) is 0 Å². The van der Waals surface area contributed by atoms with E-state index in [0.29, 0.717) is 0 Å². The normalized spacial score (nSPS) is 20.4. The minimum Gasteiger partial charge on any atom is -0.415 e. The number of hydrogen-bond acceptors (Lipinski definition) is 4. The van der Waals surface area contributed by atoms with Gasteiger partial charge in [0, 0.05) is 19.3 Å². The van der Waals surface area contributed by atoms with Gasteiger partial charge in [-0.3, -0.25) is 0 Å². The third-order valence-electron chi connectivity index (χ3n) is 3.48. The highest BCUT2D eigenvalue weighted by atomic mass is 28.5. The van der Waals surface area contributed by atoms with Crippen LogP contribution in [0.15, 0.2) is 0 Å². The Kier molecular flexibility index (Phi) is 9.29. The van der Waals surface area contributed by atoms with E-state index < -0.39 is 81.6 Å². The van der Waals surface area contributed by atoms with Gasteiger partial charge in [-0.25, -0.2) is 0 Å². The Labute approximate surface area is 159 Å². The third-order valence-corrected chi connectivity index (χ3v) is 14.0. The van der Waals surface area contributed by atoms with Crippen molar-refractivity contribution in [3.05, 3.63) is 0 Å². The largest absolute Gasteiger partial charge is 0.415 e. The molecule has 0 aliphatic heterocycles. The number of rotatable bonds is 10. The Morgan fingerprint density at radius 2 is 0.821 bits per heavy atom. The first kappa shape index (κ1) is 27.9. The zero-order chi connectivity index (χ0) is 22.7. The van der Waals surface area contributed by atoms with Crippen LogP contribution in [0.4, 0.5) is 39.5 Å². The maximum atomic E-state index is 12.6. The molecule has 4 nitrogen and oxygen atoms in total. The summed E-state index contributed by atoms with van der Waals surface area (Å²) in [5, 5.41) is 0. The molecule has 0 aromatic carbocycles. The molecule has 0 fully saturated rings. The van der Waals surface area contributed by atoms with Crippen molar-refractivity contribution in [2.75, 3.05) is 0 Å². The van der Waals surface area contributed by atoms with Gasteiger partial charge in [-0.2, -0.15) is 39.5 Å². The van der Waals surface area contributed by atoms with E-state index in [9.17, 15) is 49.1 Å². The molecule has 0 radical (unpaired) electrons. The Balaban J connectivity index is 5.35. The number of halogens is 9. The summed E-state index contributed by atoms with van der Waals surface area (Å²) in [4.78, 5) is 20.3. The van der Waals surface area contributed by atoms with Crippen molar-refractivity contribution < 1.29 is 57.3 Å². The first-order valence-electron chi connectivity index (χ1n) is 8.09. The maximum absolute atomic E-state index is 12.6. The fourth-order valence-corrected chi connectivity index (χ4v) is 14.1. The zero-order valence-corrected chi connectivity index (χ0v) is 18.4. The lowest BCUT2D eigenvalue weighted by atomic mass is 10.5. The van der Waals surface area contributed by atoms with Crippen molar-refractivity contribution >= 4 is 25.7 Å². The topological polar surface area (TPSA) is 58.9 Å². The van der Waals surface area contributed by atoms with Gasteiger partial charge in [-0.15, -0.1) is 0 Å². The van der Waals surface area contributed by atoms with E-state index in [1.807, 2.05) is 0 Å². The summed E-state index contributed by atoms with van der Waals surface area (Å²) in [5.41, 5.74) is 0. The van der Waals surface area contributed by atoms with Gasteiger partial charge in [0.15, 0.2) is 0 Å². The van der Waals surface area contributed by atoms with Crippen molar-refractivity contribution in [3.63, 3.8) is 0 Å². The second-order valence-electron chi connectivity index (χ2n) is 7.03. The molecule has 0 aliphatic rings. The first-order chi connectivity index (χ1) is 12.0. The molecule has 2 N–H and O–H groups in total. The summed E-state index contributed by atoms with van der Waals surface area (Å²) in [6, 6.07) is -2.66. The van der Waals surface area contributed by atoms with Crippen molar-refractivity contribution in [2.45, 2.75) is 75.6 Å². The van der Waals surface area contributed by atoms with E-state index >= 15 is 0 Å². The van der Waals surface area contributed by atoms with Gasteiger partial charge in [0.25, 0.3) is 0 Å². The lowest BCUT2D eigenvalue weighted by Crippen LogP contribution is -2.56. The maximum Gasteiger partial charge on any atom is 0.389 e. The van der Waals surface area contributed by atoms with Crippen LogP contribution < -0.4 is 0 Å². The van der Waals surface area contributed by atoms with Gasteiger partial charge in [0.05, 0.1) is 0 Å². The zero-order valence-electron chi connectivity index (χ0n) is 15.4. The SMILES string of the molecule is C[Si](O)(CCC(F)(F)F)O[Si](C)(CCC(F)(F)F)O[Si](C)(O)CCC(F)(F)F. The van der Waals surface area contributed by atoms with Crippen LogP contribution in [0.1, 0.15) is 19.3 Å². The summed E-state index contributed by atoms with van der Waals surface area (Å²) in [5.74, 6) is 0. The monoisotopic (exact) mass is 486 g/mol. The van der Waals surface area contributed by atoms with E-state index in [0.717, 1.165) is 19.6 Å². The lowest BCUT2D eigenvalue weighted by molar-refractivity contribution is -0.132. The molecule has 2 unspecified atom stereocenters. The van der Waals surface area contributed by atoms with Crippen LogP contribution in [-0.2, 0) is 8.23 Å². The molecule has 0 saturated carbocycles. The summed E-state index contributed by atoms with van der Waals surface area (Å²) < 4.78 is 122. The molecular formula is C12H23F9O4Si3. The van der Waals surface area contributed by atoms with Crippen LogP contribution in [0.3, 0.4) is 0 Å². The fraction of sp³-hybridized carbons (Fsp3) is 1.00. The van der Waals surface area contributed by atoms with Gasteiger partial charge in [0.1, 0.15) is 0 Å². The van der Waals surface area contributed by atoms with Crippen LogP contribution in [0, 0.1) is 0 Å². The first-order valence-corrected chi connectivity index (χ1v) is 15.7. The van der Waals surface area contributed by atoms with Crippen LogP contribution in [0.2, 0.25) is 37.8 Å². The molecule has 170 valence electrons. The van der Waals surface area contributed by atoms with Crippen LogP contribution in [0.25, 0.3) is 0 Å². The van der Waals surface area contributed by atoms with Crippen LogP contribution in [0.5, 0.6) is 0 Å². The van der Waals surface area contributed by atoms with E-state index in [1.165, 1.54) is 0 Å². The van der Waals surface area contributed by atoms with Crippen molar-refractivity contribution in [1.29, 1.82) is 0 Å². The summed E-state index contributed by atoms with van der Waals surface area (Å²) >= 11 is 0. The number of alkyl halides is 9. The van der Waals surface area contributed by atoms with E-state index in [4.69, 9.17) is 8.23 Å². The van der Waals surface area contributed by atoms with Gasteiger partial charge in [0.2, 0.25) is 0 Å². The average molecular weight is 487 g/mol. The molecule has 0 bridgehead atoms. The highest BCUT2D eigenvalue weighted by molar-refractivity contribution is 6.85. The minimum absolute atomic E-state index is 0.888. The second-order valence-corrected chi connectivity index (χ2v) is 17.1. The van der Waals surface area contributed by atoms with Crippen molar-refractivity contribution in [3.8, 4) is 0 Å². The molecule has 2 atom stereocenters. The molecule has 0 spiro atoms. The molecule has 16 heteroatoms. The van der Waals surface area contributed by atoms with Gasteiger partial charge < -0.3 is 17.8 Å². The summed E-state index contributed by atoms with van der Waals surface area (Å²) in [6.45, 7) is 2.84. The molecule has 28 heavy (non-hydrogen) atoms.